The zero-order valence-corrected chi connectivity index (χ0v) is 11.5. The highest BCUT2D eigenvalue weighted by Crippen LogP contribution is 2.23. The molecule has 1 saturated heterocycles. The number of nitrogens with two attached hydrogens (primary N) is 1. The molecule has 1 atom stereocenters. The summed E-state index contributed by atoms with van der Waals surface area (Å²) in [5, 5.41) is 8.79. The Morgan fingerprint density at radius 2 is 1.78 bits per heavy atom. The summed E-state index contributed by atoms with van der Waals surface area (Å²) in [5.41, 5.74) is 8.53. The molecule has 102 valence electrons. The molecule has 1 aromatic carbocycles. The second kappa shape index (κ2) is 7.62. The smallest absolute Gasteiger partial charge is 0.0431 e. The van der Waals surface area contributed by atoms with Crippen molar-refractivity contribution in [3.05, 3.63) is 29.8 Å². The van der Waals surface area contributed by atoms with E-state index in [-0.39, 0.29) is 25.1 Å². The number of hydrogen-bond donors (Lipinski definition) is 2. The van der Waals surface area contributed by atoms with Gasteiger partial charge in [-0.15, -0.1) is 12.4 Å². The van der Waals surface area contributed by atoms with E-state index in [1.807, 2.05) is 0 Å². The second-order valence-corrected chi connectivity index (χ2v) is 4.76. The molecule has 0 aliphatic carbocycles. The Morgan fingerprint density at radius 3 is 2.33 bits per heavy atom. The van der Waals surface area contributed by atoms with Gasteiger partial charge in [-0.25, -0.2) is 0 Å². The van der Waals surface area contributed by atoms with Crippen molar-refractivity contribution in [2.75, 3.05) is 24.6 Å². The van der Waals surface area contributed by atoms with Crippen LogP contribution in [0.2, 0.25) is 0 Å². The van der Waals surface area contributed by atoms with Crippen molar-refractivity contribution in [2.45, 2.75) is 31.7 Å². The number of nitrogens with zero attached hydrogens (tertiary/aromatic N) is 1. The molecule has 1 heterocycles. The van der Waals surface area contributed by atoms with Crippen LogP contribution in [0.15, 0.2) is 24.3 Å². The summed E-state index contributed by atoms with van der Waals surface area (Å²) in [6.07, 6.45) is 4.23. The summed E-state index contributed by atoms with van der Waals surface area (Å²) >= 11 is 0. The molecule has 0 aromatic heterocycles. The van der Waals surface area contributed by atoms with E-state index in [0.29, 0.717) is 0 Å². The van der Waals surface area contributed by atoms with Crippen molar-refractivity contribution in [1.29, 1.82) is 0 Å². The van der Waals surface area contributed by atoms with Gasteiger partial charge in [-0.3, -0.25) is 0 Å². The van der Waals surface area contributed by atoms with E-state index in [2.05, 4.69) is 29.2 Å². The summed E-state index contributed by atoms with van der Waals surface area (Å²) in [6.45, 7) is 2.57. The first-order valence-corrected chi connectivity index (χ1v) is 6.52. The Hall–Kier alpha value is -0.770. The molecule has 3 N–H and O–H groups in total. The number of benzene rings is 1. The number of halogens is 1. The molecular formula is C14H23ClN2O. The Balaban J connectivity index is 0.00000162. The first-order chi connectivity index (χ1) is 8.31. The van der Waals surface area contributed by atoms with Gasteiger partial charge in [0, 0.05) is 31.4 Å². The van der Waals surface area contributed by atoms with E-state index < -0.39 is 0 Å². The summed E-state index contributed by atoms with van der Waals surface area (Å²) in [5.74, 6) is 0. The predicted octanol–water partition coefficient (Wildman–Crippen LogP) is 2.48. The maximum Gasteiger partial charge on any atom is 0.0431 e. The van der Waals surface area contributed by atoms with Crippen LogP contribution < -0.4 is 10.6 Å². The molecule has 18 heavy (non-hydrogen) atoms. The van der Waals surface area contributed by atoms with Crippen LogP contribution in [0.1, 0.15) is 37.3 Å². The van der Waals surface area contributed by atoms with Gasteiger partial charge >= 0.3 is 0 Å². The molecule has 3 nitrogen and oxygen atoms in total. The van der Waals surface area contributed by atoms with Crippen LogP contribution in [0.4, 0.5) is 5.69 Å². The molecule has 0 saturated carbocycles. The summed E-state index contributed by atoms with van der Waals surface area (Å²) in [7, 11) is 0. The lowest BCUT2D eigenvalue weighted by molar-refractivity contribution is 0.280. The van der Waals surface area contributed by atoms with Gasteiger partial charge in [0.25, 0.3) is 0 Å². The third-order valence-electron chi connectivity index (χ3n) is 3.47. The van der Waals surface area contributed by atoms with Gasteiger partial charge in [0.1, 0.15) is 0 Å². The molecule has 1 fully saturated rings. The van der Waals surface area contributed by atoms with Crippen molar-refractivity contribution in [3.8, 4) is 0 Å². The minimum atomic E-state index is 0. The van der Waals surface area contributed by atoms with Crippen molar-refractivity contribution in [3.63, 3.8) is 0 Å². The molecular weight excluding hydrogens is 248 g/mol. The number of aliphatic hydroxyl groups excluding tert-OH is 1. The highest BCUT2D eigenvalue weighted by molar-refractivity contribution is 5.85. The molecule has 4 heteroatoms. The van der Waals surface area contributed by atoms with Crippen LogP contribution in [0.25, 0.3) is 0 Å². The van der Waals surface area contributed by atoms with E-state index >= 15 is 0 Å². The first-order valence-electron chi connectivity index (χ1n) is 6.52. The van der Waals surface area contributed by atoms with Crippen LogP contribution in [0, 0.1) is 0 Å². The van der Waals surface area contributed by atoms with E-state index in [4.69, 9.17) is 10.8 Å². The summed E-state index contributed by atoms with van der Waals surface area (Å²) in [6, 6.07) is 8.62. The van der Waals surface area contributed by atoms with Crippen LogP contribution >= 0.6 is 12.4 Å². The minimum Gasteiger partial charge on any atom is -0.396 e. The fourth-order valence-corrected chi connectivity index (χ4v) is 2.39. The quantitative estimate of drug-likeness (QED) is 0.864. The Bertz CT molecular complexity index is 336. The lowest BCUT2D eigenvalue weighted by Gasteiger charge is -2.19. The van der Waals surface area contributed by atoms with Crippen molar-refractivity contribution >= 4 is 18.1 Å². The monoisotopic (exact) mass is 270 g/mol. The van der Waals surface area contributed by atoms with Crippen molar-refractivity contribution < 1.29 is 5.11 Å². The third-order valence-corrected chi connectivity index (χ3v) is 3.47. The molecule has 0 radical (unpaired) electrons. The van der Waals surface area contributed by atoms with E-state index in [1.54, 1.807) is 0 Å². The fourth-order valence-electron chi connectivity index (χ4n) is 2.39. The third kappa shape index (κ3) is 3.87. The fraction of sp³-hybridized carbons (Fsp3) is 0.571. The molecule has 0 amide bonds. The maximum absolute atomic E-state index is 8.79. The van der Waals surface area contributed by atoms with Gasteiger partial charge in [0.2, 0.25) is 0 Å². The Labute approximate surface area is 115 Å². The van der Waals surface area contributed by atoms with Crippen molar-refractivity contribution in [2.24, 2.45) is 5.73 Å². The Kier molecular flexibility index (Phi) is 6.47. The normalized spacial score (nSPS) is 16.4. The summed E-state index contributed by atoms with van der Waals surface area (Å²) in [4.78, 5) is 2.42. The van der Waals surface area contributed by atoms with Gasteiger partial charge in [0.05, 0.1) is 0 Å². The van der Waals surface area contributed by atoms with Crippen LogP contribution in [0.3, 0.4) is 0 Å². The van der Waals surface area contributed by atoms with Crippen molar-refractivity contribution in [1.82, 2.24) is 0 Å². The van der Waals surface area contributed by atoms with Crippen LogP contribution in [-0.2, 0) is 0 Å². The van der Waals surface area contributed by atoms with E-state index in [1.165, 1.54) is 37.2 Å². The zero-order valence-electron chi connectivity index (χ0n) is 10.7. The van der Waals surface area contributed by atoms with Crippen LogP contribution in [-0.4, -0.2) is 24.8 Å². The number of rotatable bonds is 5. The molecule has 2 rings (SSSR count). The maximum atomic E-state index is 8.79. The number of aliphatic hydroxyl groups is 1. The molecule has 1 aliphatic heterocycles. The van der Waals surface area contributed by atoms with Gasteiger partial charge < -0.3 is 15.7 Å². The average molecular weight is 271 g/mol. The first kappa shape index (κ1) is 15.3. The largest absolute Gasteiger partial charge is 0.396 e. The second-order valence-electron chi connectivity index (χ2n) is 4.76. The highest BCUT2D eigenvalue weighted by atomic mass is 35.5. The Morgan fingerprint density at radius 1 is 1.17 bits per heavy atom. The minimum absolute atomic E-state index is 0. The van der Waals surface area contributed by atoms with E-state index in [9.17, 15) is 0 Å². The topological polar surface area (TPSA) is 49.5 Å². The standard InChI is InChI=1S/C14H22N2O.ClH/c15-14(4-3-11-17)12-5-7-13(8-6-12)16-9-1-2-10-16;/h5-8,14,17H,1-4,9-11,15H2;1H/t14-;/m0./s1. The van der Waals surface area contributed by atoms with Gasteiger partial charge in [-0.1, -0.05) is 12.1 Å². The van der Waals surface area contributed by atoms with Gasteiger partial charge in [-0.2, -0.15) is 0 Å². The molecule has 1 aromatic rings. The van der Waals surface area contributed by atoms with E-state index in [0.717, 1.165) is 12.8 Å². The van der Waals surface area contributed by atoms with Crippen LogP contribution in [0.5, 0.6) is 0 Å². The lowest BCUT2D eigenvalue weighted by Crippen LogP contribution is -2.17. The number of hydrogen-bond acceptors (Lipinski definition) is 3. The van der Waals surface area contributed by atoms with Gasteiger partial charge in [0.15, 0.2) is 0 Å². The molecule has 0 spiro atoms. The highest BCUT2D eigenvalue weighted by Gasteiger charge is 2.12. The zero-order chi connectivity index (χ0) is 12.1. The lowest BCUT2D eigenvalue weighted by atomic mass is 10.0. The SMILES string of the molecule is Cl.N[C@@H](CCCO)c1ccc(N2CCCC2)cc1. The average Bonchev–Trinajstić information content (AvgIpc) is 2.90. The molecule has 0 unspecified atom stereocenters. The predicted molar refractivity (Wildman–Crippen MR) is 78.4 cm³/mol. The number of anilines is 1. The molecule has 1 aliphatic rings. The summed E-state index contributed by atoms with van der Waals surface area (Å²) < 4.78 is 0. The molecule has 0 bridgehead atoms. The van der Waals surface area contributed by atoms with Gasteiger partial charge in [-0.05, 0) is 43.4 Å².